The molecule has 1 fully saturated rings. The summed E-state index contributed by atoms with van der Waals surface area (Å²) in [5, 5.41) is 10.0. The maximum atomic E-state index is 12.6. The molecule has 0 bridgehead atoms. The molecule has 1 saturated heterocycles. The first-order valence-corrected chi connectivity index (χ1v) is 8.24. The fraction of sp³-hybridized carbons (Fsp3) is 0.471. The monoisotopic (exact) mass is 330 g/mol. The van der Waals surface area contributed by atoms with Crippen LogP contribution in [0.25, 0.3) is 0 Å². The van der Waals surface area contributed by atoms with Crippen LogP contribution in [0.2, 0.25) is 0 Å². The Balaban J connectivity index is 1.61. The molecular formula is C17H22N4O3. The molecule has 1 aliphatic carbocycles. The molecule has 7 heteroatoms. The molecule has 1 atom stereocenters. The van der Waals surface area contributed by atoms with Gasteiger partial charge in [0.1, 0.15) is 11.5 Å². The highest BCUT2D eigenvalue weighted by molar-refractivity contribution is 5.98. The Hall–Kier alpha value is -2.41. The first kappa shape index (κ1) is 16.4. The van der Waals surface area contributed by atoms with Gasteiger partial charge in [-0.3, -0.25) is 14.6 Å². The molecule has 2 amide bonds. The van der Waals surface area contributed by atoms with E-state index in [2.05, 4.69) is 4.99 Å². The van der Waals surface area contributed by atoms with Gasteiger partial charge in [0.25, 0.3) is 11.8 Å². The van der Waals surface area contributed by atoms with E-state index in [1.807, 2.05) is 6.08 Å². The zero-order valence-electron chi connectivity index (χ0n) is 13.5. The van der Waals surface area contributed by atoms with Gasteiger partial charge in [0.15, 0.2) is 0 Å². The van der Waals surface area contributed by atoms with E-state index in [0.717, 1.165) is 12.8 Å². The van der Waals surface area contributed by atoms with Crippen molar-refractivity contribution in [1.29, 1.82) is 0 Å². The number of amides is 2. The van der Waals surface area contributed by atoms with E-state index in [1.54, 1.807) is 28.2 Å². The van der Waals surface area contributed by atoms with Gasteiger partial charge in [-0.25, -0.2) is 0 Å². The van der Waals surface area contributed by atoms with E-state index in [4.69, 9.17) is 5.73 Å². The molecule has 0 aromatic carbocycles. The Bertz CT molecular complexity index is 655. The lowest BCUT2D eigenvalue weighted by Crippen LogP contribution is -2.51. The number of rotatable bonds is 2. The van der Waals surface area contributed by atoms with Crippen molar-refractivity contribution in [1.82, 2.24) is 9.80 Å². The summed E-state index contributed by atoms with van der Waals surface area (Å²) in [6, 6.07) is -0.520. The molecule has 24 heavy (non-hydrogen) atoms. The molecule has 2 aliphatic heterocycles. The van der Waals surface area contributed by atoms with Crippen LogP contribution in [-0.4, -0.2) is 65.2 Å². The molecule has 3 N–H and O–H groups in total. The minimum atomic E-state index is -0.520. The molecular weight excluding hydrogens is 308 g/mol. The Morgan fingerprint density at radius 1 is 1.12 bits per heavy atom. The molecule has 7 nitrogen and oxygen atoms in total. The second-order valence-corrected chi connectivity index (χ2v) is 6.11. The number of aliphatic hydroxyl groups excluding tert-OH is 1. The number of hydrogen-bond acceptors (Lipinski definition) is 5. The number of nitrogens with zero attached hydrogens (tertiary/aromatic N) is 3. The number of carbonyl (C=O) groups excluding carboxylic acids is 2. The second-order valence-electron chi connectivity index (χ2n) is 6.11. The van der Waals surface area contributed by atoms with Gasteiger partial charge in [-0.2, -0.15) is 0 Å². The van der Waals surface area contributed by atoms with E-state index in [-0.39, 0.29) is 23.1 Å². The van der Waals surface area contributed by atoms with Gasteiger partial charge in [0, 0.05) is 32.4 Å². The lowest BCUT2D eigenvalue weighted by molar-refractivity contribution is -0.135. The van der Waals surface area contributed by atoms with Crippen molar-refractivity contribution in [3.05, 3.63) is 35.3 Å². The maximum absolute atomic E-state index is 12.6. The SMILES string of the molecule is NC1CC=CC(C(=O)N2CCN(C(=O)C3=CCCC=N3)CC2)=C1O. The van der Waals surface area contributed by atoms with Crippen LogP contribution in [0, 0.1) is 0 Å². The third kappa shape index (κ3) is 3.26. The summed E-state index contributed by atoms with van der Waals surface area (Å²) in [7, 11) is 0. The van der Waals surface area contributed by atoms with Crippen molar-refractivity contribution in [2.75, 3.05) is 26.2 Å². The van der Waals surface area contributed by atoms with Gasteiger partial charge in [-0.1, -0.05) is 12.2 Å². The van der Waals surface area contributed by atoms with Crippen molar-refractivity contribution in [2.45, 2.75) is 25.3 Å². The number of carbonyl (C=O) groups is 2. The summed E-state index contributed by atoms with van der Waals surface area (Å²) >= 11 is 0. The third-order valence-corrected chi connectivity index (χ3v) is 4.47. The number of allylic oxidation sites excluding steroid dienone is 1. The van der Waals surface area contributed by atoms with Gasteiger partial charge >= 0.3 is 0 Å². The summed E-state index contributed by atoms with van der Waals surface area (Å²) < 4.78 is 0. The number of aliphatic hydroxyl groups is 1. The zero-order valence-corrected chi connectivity index (χ0v) is 13.5. The van der Waals surface area contributed by atoms with Crippen molar-refractivity contribution in [3.63, 3.8) is 0 Å². The normalized spacial score (nSPS) is 24.2. The minimum Gasteiger partial charge on any atom is -0.510 e. The minimum absolute atomic E-state index is 0.0531. The molecule has 3 rings (SSSR count). The average molecular weight is 330 g/mol. The lowest BCUT2D eigenvalue weighted by Gasteiger charge is -2.35. The molecule has 0 spiro atoms. The summed E-state index contributed by atoms with van der Waals surface area (Å²) in [6.07, 6.45) is 9.28. The second kappa shape index (κ2) is 7.00. The van der Waals surface area contributed by atoms with Crippen LogP contribution >= 0.6 is 0 Å². The highest BCUT2D eigenvalue weighted by Gasteiger charge is 2.29. The maximum Gasteiger partial charge on any atom is 0.272 e. The molecule has 0 aromatic rings. The number of piperazine rings is 1. The number of nitrogens with two attached hydrogens (primary N) is 1. The predicted octanol–water partition coefficient (Wildman–Crippen LogP) is 0.505. The lowest BCUT2D eigenvalue weighted by atomic mass is 10.00. The van der Waals surface area contributed by atoms with E-state index in [0.29, 0.717) is 38.3 Å². The summed E-state index contributed by atoms with van der Waals surface area (Å²) in [4.78, 5) is 32.5. The van der Waals surface area contributed by atoms with Crippen LogP contribution in [0.3, 0.4) is 0 Å². The van der Waals surface area contributed by atoms with Crippen LogP contribution in [0.4, 0.5) is 0 Å². The van der Waals surface area contributed by atoms with E-state index in [1.165, 1.54) is 0 Å². The van der Waals surface area contributed by atoms with Gasteiger partial charge < -0.3 is 20.6 Å². The van der Waals surface area contributed by atoms with Crippen LogP contribution < -0.4 is 5.73 Å². The largest absolute Gasteiger partial charge is 0.510 e. The third-order valence-electron chi connectivity index (χ3n) is 4.47. The Morgan fingerprint density at radius 3 is 2.42 bits per heavy atom. The van der Waals surface area contributed by atoms with Gasteiger partial charge in [0.05, 0.1) is 11.6 Å². The summed E-state index contributed by atoms with van der Waals surface area (Å²) in [5.74, 6) is -0.372. The van der Waals surface area contributed by atoms with Crippen molar-refractivity contribution in [2.24, 2.45) is 10.7 Å². The summed E-state index contributed by atoms with van der Waals surface area (Å²) in [5.41, 5.74) is 6.52. The van der Waals surface area contributed by atoms with Crippen molar-refractivity contribution < 1.29 is 14.7 Å². The predicted molar refractivity (Wildman–Crippen MR) is 90.4 cm³/mol. The van der Waals surface area contributed by atoms with E-state index >= 15 is 0 Å². The van der Waals surface area contributed by atoms with Crippen LogP contribution in [-0.2, 0) is 9.59 Å². The van der Waals surface area contributed by atoms with Crippen molar-refractivity contribution >= 4 is 18.0 Å². The topological polar surface area (TPSA) is 99.2 Å². The molecule has 0 saturated carbocycles. The fourth-order valence-electron chi connectivity index (χ4n) is 3.01. The first-order chi connectivity index (χ1) is 11.6. The van der Waals surface area contributed by atoms with Crippen molar-refractivity contribution in [3.8, 4) is 0 Å². The zero-order chi connectivity index (χ0) is 17.1. The molecule has 1 unspecified atom stereocenters. The molecule has 2 heterocycles. The number of aliphatic imine (C=N–C) groups is 1. The molecule has 128 valence electrons. The smallest absolute Gasteiger partial charge is 0.272 e. The highest BCUT2D eigenvalue weighted by Crippen LogP contribution is 2.19. The Morgan fingerprint density at radius 2 is 1.79 bits per heavy atom. The molecule has 0 radical (unpaired) electrons. The van der Waals surface area contributed by atoms with Crippen LogP contribution in [0.1, 0.15) is 19.3 Å². The quantitative estimate of drug-likeness (QED) is 0.770. The molecule has 0 aromatic heterocycles. The Labute approximate surface area is 140 Å². The van der Waals surface area contributed by atoms with Gasteiger partial charge in [-0.05, 0) is 25.3 Å². The van der Waals surface area contributed by atoms with Gasteiger partial charge in [0.2, 0.25) is 0 Å². The number of hydrogen-bond donors (Lipinski definition) is 2. The van der Waals surface area contributed by atoms with Gasteiger partial charge in [-0.15, -0.1) is 0 Å². The summed E-state index contributed by atoms with van der Waals surface area (Å²) in [6.45, 7) is 1.78. The van der Waals surface area contributed by atoms with E-state index < -0.39 is 6.04 Å². The highest BCUT2D eigenvalue weighted by atomic mass is 16.3. The molecule has 3 aliphatic rings. The standard InChI is InChI=1S/C17H22N4O3/c18-13-5-3-4-12(15(13)22)16(23)20-8-10-21(11-9-20)17(24)14-6-1-2-7-19-14/h3-4,6-7,13,22H,1-2,5,8-11,18H2. The van der Waals surface area contributed by atoms with E-state index in [9.17, 15) is 14.7 Å². The van der Waals surface area contributed by atoms with Crippen LogP contribution in [0.15, 0.2) is 40.2 Å². The first-order valence-electron chi connectivity index (χ1n) is 8.24. The van der Waals surface area contributed by atoms with Crippen LogP contribution in [0.5, 0.6) is 0 Å². The average Bonchev–Trinajstić information content (AvgIpc) is 2.64. The Kier molecular flexibility index (Phi) is 4.80. The fourth-order valence-corrected chi connectivity index (χ4v) is 3.01.